The monoisotopic (exact) mass is 594 g/mol. The van der Waals surface area contributed by atoms with E-state index in [2.05, 4.69) is 15.8 Å². The standard InChI is InChI=1S/C29H24ClFN4O5S/c30-24-10-4-6-12-26(24)33-29(37)20-40-22-16-14-21(15-17-22)18-32-34-28(36)19-35(27-13-7-5-11-25(27)31)41(38,39)23-8-2-1-3-9-23/h1-18H,19-20H2,(H,33,37)(H,34,36)/b32-18+. The number of amides is 2. The van der Waals surface area contributed by atoms with E-state index in [0.717, 1.165) is 6.07 Å². The number of benzene rings is 4. The Morgan fingerprint density at radius 3 is 2.24 bits per heavy atom. The highest BCUT2D eigenvalue weighted by molar-refractivity contribution is 7.92. The van der Waals surface area contributed by atoms with Gasteiger partial charge in [0.05, 0.1) is 27.5 Å². The summed E-state index contributed by atoms with van der Waals surface area (Å²) < 4.78 is 47.2. The lowest BCUT2D eigenvalue weighted by molar-refractivity contribution is -0.119. The average Bonchev–Trinajstić information content (AvgIpc) is 2.97. The van der Waals surface area contributed by atoms with Crippen molar-refractivity contribution in [2.75, 3.05) is 22.8 Å². The maximum atomic E-state index is 14.6. The zero-order chi connectivity index (χ0) is 29.2. The molecule has 4 rings (SSSR count). The number of hydrogen-bond acceptors (Lipinski definition) is 6. The zero-order valence-electron chi connectivity index (χ0n) is 21.4. The second-order valence-electron chi connectivity index (χ2n) is 8.46. The van der Waals surface area contributed by atoms with Crippen LogP contribution >= 0.6 is 11.6 Å². The van der Waals surface area contributed by atoms with Gasteiger partial charge in [-0.1, -0.05) is 54.1 Å². The van der Waals surface area contributed by atoms with E-state index >= 15 is 0 Å². The van der Waals surface area contributed by atoms with Crippen molar-refractivity contribution in [2.24, 2.45) is 5.10 Å². The number of halogens is 2. The molecule has 12 heteroatoms. The second-order valence-corrected chi connectivity index (χ2v) is 10.7. The van der Waals surface area contributed by atoms with Gasteiger partial charge in [0.2, 0.25) is 0 Å². The molecule has 0 saturated heterocycles. The molecule has 0 saturated carbocycles. The fraction of sp³-hybridized carbons (Fsp3) is 0.0690. The molecule has 0 unspecified atom stereocenters. The average molecular weight is 595 g/mol. The minimum absolute atomic E-state index is 0.0943. The number of ether oxygens (including phenoxy) is 1. The van der Waals surface area contributed by atoms with E-state index in [4.69, 9.17) is 16.3 Å². The minimum Gasteiger partial charge on any atom is -0.484 e. The second kappa shape index (κ2) is 13.6. The Morgan fingerprint density at radius 1 is 0.878 bits per heavy atom. The van der Waals surface area contributed by atoms with Crippen molar-refractivity contribution < 1.29 is 27.1 Å². The Kier molecular flexibility index (Phi) is 9.67. The summed E-state index contributed by atoms with van der Waals surface area (Å²) in [6, 6.07) is 26.0. The SMILES string of the molecule is O=C(CN(c1ccccc1F)S(=O)(=O)c1ccccc1)N/N=C/c1ccc(OCC(=O)Nc2ccccc2Cl)cc1. The van der Waals surface area contributed by atoms with Crippen LogP contribution in [-0.2, 0) is 19.6 Å². The first-order valence-corrected chi connectivity index (χ1v) is 14.0. The molecule has 41 heavy (non-hydrogen) atoms. The molecule has 2 N–H and O–H groups in total. The van der Waals surface area contributed by atoms with Gasteiger partial charge in [0, 0.05) is 0 Å². The Hall–Kier alpha value is -4.74. The van der Waals surface area contributed by atoms with Gasteiger partial charge in [-0.2, -0.15) is 5.10 Å². The van der Waals surface area contributed by atoms with Crippen LogP contribution in [0.25, 0.3) is 0 Å². The predicted molar refractivity (Wildman–Crippen MR) is 155 cm³/mol. The molecule has 0 fully saturated rings. The number of nitrogens with one attached hydrogen (secondary N) is 2. The maximum Gasteiger partial charge on any atom is 0.264 e. The molecule has 0 aliphatic rings. The summed E-state index contributed by atoms with van der Waals surface area (Å²) in [4.78, 5) is 24.7. The summed E-state index contributed by atoms with van der Waals surface area (Å²) in [6.07, 6.45) is 1.34. The van der Waals surface area contributed by atoms with Gasteiger partial charge in [-0.05, 0) is 66.2 Å². The first kappa shape index (κ1) is 29.2. The number of anilines is 2. The van der Waals surface area contributed by atoms with Crippen LogP contribution in [0, 0.1) is 5.82 Å². The number of para-hydroxylation sites is 2. The normalized spacial score (nSPS) is 11.2. The number of carbonyl (C=O) groups excluding carboxylic acids is 2. The summed E-state index contributed by atoms with van der Waals surface area (Å²) >= 11 is 6.03. The van der Waals surface area contributed by atoms with Crippen LogP contribution in [-0.4, -0.2) is 39.6 Å². The fourth-order valence-electron chi connectivity index (χ4n) is 3.57. The van der Waals surface area contributed by atoms with Gasteiger partial charge in [-0.3, -0.25) is 13.9 Å². The fourth-order valence-corrected chi connectivity index (χ4v) is 5.20. The largest absolute Gasteiger partial charge is 0.484 e. The Labute approximate surface area is 241 Å². The number of rotatable bonds is 11. The molecular weight excluding hydrogens is 571 g/mol. The third-order valence-corrected chi connectivity index (χ3v) is 7.64. The van der Waals surface area contributed by atoms with Crippen molar-refractivity contribution in [3.05, 3.63) is 120 Å². The third-order valence-electron chi connectivity index (χ3n) is 5.54. The highest BCUT2D eigenvalue weighted by Gasteiger charge is 2.28. The van der Waals surface area contributed by atoms with Gasteiger partial charge in [-0.25, -0.2) is 18.2 Å². The molecular formula is C29H24ClFN4O5S. The number of sulfonamides is 1. The van der Waals surface area contributed by atoms with E-state index in [1.165, 1.54) is 48.7 Å². The molecule has 0 aromatic heterocycles. The van der Waals surface area contributed by atoms with Crippen molar-refractivity contribution in [2.45, 2.75) is 4.90 Å². The Morgan fingerprint density at radius 2 is 1.54 bits per heavy atom. The van der Waals surface area contributed by atoms with Crippen molar-refractivity contribution in [1.82, 2.24) is 5.43 Å². The first-order valence-electron chi connectivity index (χ1n) is 12.2. The molecule has 2 amide bonds. The molecule has 0 bridgehead atoms. The molecule has 0 atom stereocenters. The topological polar surface area (TPSA) is 117 Å². The number of hydrogen-bond donors (Lipinski definition) is 2. The third kappa shape index (κ3) is 7.90. The van der Waals surface area contributed by atoms with Crippen LogP contribution < -0.4 is 19.8 Å². The quantitative estimate of drug-likeness (QED) is 0.190. The Balaban J connectivity index is 1.35. The molecule has 0 aliphatic carbocycles. The van der Waals surface area contributed by atoms with E-state index in [1.54, 1.807) is 54.6 Å². The van der Waals surface area contributed by atoms with E-state index in [-0.39, 0.29) is 23.1 Å². The van der Waals surface area contributed by atoms with E-state index in [9.17, 15) is 22.4 Å². The van der Waals surface area contributed by atoms with Crippen LogP contribution in [0.4, 0.5) is 15.8 Å². The Bertz CT molecular complexity index is 1650. The minimum atomic E-state index is -4.25. The molecule has 4 aromatic rings. The lowest BCUT2D eigenvalue weighted by Crippen LogP contribution is -2.40. The number of nitrogens with zero attached hydrogens (tertiary/aromatic N) is 2. The number of carbonyl (C=O) groups is 2. The van der Waals surface area contributed by atoms with Gasteiger partial charge in [0.1, 0.15) is 18.1 Å². The van der Waals surface area contributed by atoms with Crippen LogP contribution in [0.3, 0.4) is 0 Å². The summed E-state index contributed by atoms with van der Waals surface area (Å²) in [7, 11) is -4.25. The van der Waals surface area contributed by atoms with E-state index in [1.807, 2.05) is 0 Å². The van der Waals surface area contributed by atoms with E-state index in [0.29, 0.717) is 26.3 Å². The molecule has 0 aliphatic heterocycles. The molecule has 0 heterocycles. The van der Waals surface area contributed by atoms with Crippen LogP contribution in [0.1, 0.15) is 5.56 Å². The summed E-state index contributed by atoms with van der Waals surface area (Å²) in [6.45, 7) is -0.947. The highest BCUT2D eigenvalue weighted by Crippen LogP contribution is 2.26. The first-order chi connectivity index (χ1) is 19.7. The van der Waals surface area contributed by atoms with Crippen LogP contribution in [0.5, 0.6) is 5.75 Å². The predicted octanol–water partition coefficient (Wildman–Crippen LogP) is 4.84. The van der Waals surface area contributed by atoms with E-state index < -0.39 is 28.3 Å². The molecule has 0 radical (unpaired) electrons. The molecule has 0 spiro atoms. The van der Waals surface area contributed by atoms with Crippen LogP contribution in [0.2, 0.25) is 5.02 Å². The molecule has 210 valence electrons. The van der Waals surface area contributed by atoms with Gasteiger partial charge in [0.25, 0.3) is 21.8 Å². The smallest absolute Gasteiger partial charge is 0.264 e. The van der Waals surface area contributed by atoms with Gasteiger partial charge >= 0.3 is 0 Å². The molecule has 4 aromatic carbocycles. The number of hydrazone groups is 1. The zero-order valence-corrected chi connectivity index (χ0v) is 23.0. The lowest BCUT2D eigenvalue weighted by Gasteiger charge is -2.24. The highest BCUT2D eigenvalue weighted by atomic mass is 35.5. The summed E-state index contributed by atoms with van der Waals surface area (Å²) in [5.74, 6) is -1.54. The maximum absolute atomic E-state index is 14.6. The summed E-state index contributed by atoms with van der Waals surface area (Å²) in [5.41, 5.74) is 3.05. The van der Waals surface area contributed by atoms with Crippen LogP contribution in [0.15, 0.2) is 113 Å². The van der Waals surface area contributed by atoms with Gasteiger partial charge in [0.15, 0.2) is 6.61 Å². The molecule has 9 nitrogen and oxygen atoms in total. The van der Waals surface area contributed by atoms with Crippen molar-refractivity contribution >= 4 is 51.0 Å². The van der Waals surface area contributed by atoms with Gasteiger partial charge < -0.3 is 10.1 Å². The van der Waals surface area contributed by atoms with Crippen molar-refractivity contribution in [3.8, 4) is 5.75 Å². The van der Waals surface area contributed by atoms with Gasteiger partial charge in [-0.15, -0.1) is 0 Å². The lowest BCUT2D eigenvalue weighted by atomic mass is 10.2. The summed E-state index contributed by atoms with van der Waals surface area (Å²) in [5, 5.41) is 6.94. The van der Waals surface area contributed by atoms with Crippen molar-refractivity contribution in [3.63, 3.8) is 0 Å². The van der Waals surface area contributed by atoms with Crippen molar-refractivity contribution in [1.29, 1.82) is 0 Å².